The average Bonchev–Trinajstić information content (AvgIpc) is 2.67. The summed E-state index contributed by atoms with van der Waals surface area (Å²) in [5.74, 6) is -0.142. The van der Waals surface area contributed by atoms with E-state index in [2.05, 4.69) is 17.2 Å². The number of ether oxygens (including phenoxy) is 1. The summed E-state index contributed by atoms with van der Waals surface area (Å²) in [6.07, 6.45) is 5.15. The lowest BCUT2D eigenvalue weighted by Crippen LogP contribution is -2.06. The molecule has 5 heteroatoms. The predicted molar refractivity (Wildman–Crippen MR) is 59.9 cm³/mol. The SMILES string of the molecule is CCCc1cn(CCCC(=O)OCC)nn1. The van der Waals surface area contributed by atoms with Gasteiger partial charge >= 0.3 is 5.97 Å². The first-order valence-electron chi connectivity index (χ1n) is 5.80. The number of carbonyl (C=O) groups excluding carboxylic acids is 1. The van der Waals surface area contributed by atoms with Crippen molar-refractivity contribution in [1.29, 1.82) is 0 Å². The van der Waals surface area contributed by atoms with E-state index in [4.69, 9.17) is 4.74 Å². The van der Waals surface area contributed by atoms with Gasteiger partial charge in [-0.25, -0.2) is 0 Å². The number of nitrogens with zero attached hydrogens (tertiary/aromatic N) is 3. The standard InChI is InChI=1S/C11H19N3O2/c1-3-6-10-9-14(13-12-10)8-5-7-11(15)16-4-2/h9H,3-8H2,1-2H3. The Morgan fingerprint density at radius 2 is 2.31 bits per heavy atom. The van der Waals surface area contributed by atoms with Crippen LogP contribution in [0.15, 0.2) is 6.20 Å². The van der Waals surface area contributed by atoms with Gasteiger partial charge in [0.05, 0.1) is 12.3 Å². The third-order valence-corrected chi connectivity index (χ3v) is 2.17. The zero-order valence-corrected chi connectivity index (χ0v) is 9.98. The van der Waals surface area contributed by atoms with Crippen molar-refractivity contribution in [2.45, 2.75) is 46.1 Å². The summed E-state index contributed by atoms with van der Waals surface area (Å²) < 4.78 is 6.62. The fourth-order valence-electron chi connectivity index (χ4n) is 1.44. The van der Waals surface area contributed by atoms with Crippen molar-refractivity contribution >= 4 is 5.97 Å². The Balaban J connectivity index is 2.23. The Morgan fingerprint density at radius 1 is 1.50 bits per heavy atom. The fourth-order valence-corrected chi connectivity index (χ4v) is 1.44. The molecule has 16 heavy (non-hydrogen) atoms. The molecule has 90 valence electrons. The van der Waals surface area contributed by atoms with Crippen molar-refractivity contribution < 1.29 is 9.53 Å². The molecular formula is C11H19N3O2. The second-order valence-corrected chi connectivity index (χ2v) is 3.63. The van der Waals surface area contributed by atoms with Gasteiger partial charge in [0.15, 0.2) is 0 Å². The van der Waals surface area contributed by atoms with Gasteiger partial charge in [-0.15, -0.1) is 5.10 Å². The molecule has 1 aromatic heterocycles. The molecule has 0 amide bonds. The van der Waals surface area contributed by atoms with E-state index in [1.54, 1.807) is 4.68 Å². The van der Waals surface area contributed by atoms with Crippen molar-refractivity contribution in [2.24, 2.45) is 0 Å². The van der Waals surface area contributed by atoms with E-state index in [0.717, 1.165) is 31.5 Å². The van der Waals surface area contributed by atoms with Gasteiger partial charge in [-0.1, -0.05) is 18.6 Å². The van der Waals surface area contributed by atoms with E-state index in [1.165, 1.54) is 0 Å². The summed E-state index contributed by atoms with van der Waals surface area (Å²) >= 11 is 0. The summed E-state index contributed by atoms with van der Waals surface area (Å²) in [6, 6.07) is 0. The van der Waals surface area contributed by atoms with E-state index in [9.17, 15) is 4.79 Å². The van der Waals surface area contributed by atoms with Crippen LogP contribution in [0.2, 0.25) is 0 Å². The number of rotatable bonds is 7. The van der Waals surface area contributed by atoms with Gasteiger partial charge in [0.1, 0.15) is 0 Å². The average molecular weight is 225 g/mol. The smallest absolute Gasteiger partial charge is 0.305 e. The van der Waals surface area contributed by atoms with Crippen molar-refractivity contribution in [3.8, 4) is 0 Å². The summed E-state index contributed by atoms with van der Waals surface area (Å²) in [5.41, 5.74) is 1.01. The highest BCUT2D eigenvalue weighted by Gasteiger charge is 2.03. The van der Waals surface area contributed by atoms with Crippen molar-refractivity contribution in [3.05, 3.63) is 11.9 Å². The van der Waals surface area contributed by atoms with Gasteiger partial charge in [0.2, 0.25) is 0 Å². The van der Waals surface area contributed by atoms with Gasteiger partial charge in [0.25, 0.3) is 0 Å². The van der Waals surface area contributed by atoms with Gasteiger partial charge in [-0.3, -0.25) is 9.48 Å². The molecule has 0 saturated heterocycles. The highest BCUT2D eigenvalue weighted by atomic mass is 16.5. The third-order valence-electron chi connectivity index (χ3n) is 2.17. The lowest BCUT2D eigenvalue weighted by atomic mass is 10.3. The van der Waals surface area contributed by atoms with Crippen LogP contribution < -0.4 is 0 Å². The summed E-state index contributed by atoms with van der Waals surface area (Å²) in [7, 11) is 0. The van der Waals surface area contributed by atoms with Crippen LogP contribution in [0, 0.1) is 0 Å². The molecule has 0 aliphatic carbocycles. The molecule has 0 N–H and O–H groups in total. The topological polar surface area (TPSA) is 57.0 Å². The minimum atomic E-state index is -0.142. The number of hydrogen-bond donors (Lipinski definition) is 0. The molecule has 0 bridgehead atoms. The molecule has 0 radical (unpaired) electrons. The minimum absolute atomic E-state index is 0.142. The molecule has 0 aliphatic rings. The maximum atomic E-state index is 11.1. The number of esters is 1. The Morgan fingerprint density at radius 3 is 3.00 bits per heavy atom. The van der Waals surface area contributed by atoms with Gasteiger partial charge < -0.3 is 4.74 Å². The number of aromatic nitrogens is 3. The minimum Gasteiger partial charge on any atom is -0.466 e. The maximum Gasteiger partial charge on any atom is 0.305 e. The Bertz CT molecular complexity index is 323. The third kappa shape index (κ3) is 4.42. The molecule has 0 saturated carbocycles. The van der Waals surface area contributed by atoms with Gasteiger partial charge in [-0.05, 0) is 19.8 Å². The Hall–Kier alpha value is -1.39. The Labute approximate surface area is 95.8 Å². The largest absolute Gasteiger partial charge is 0.466 e. The first kappa shape index (κ1) is 12.7. The van der Waals surface area contributed by atoms with Crippen LogP contribution in [0.1, 0.15) is 38.8 Å². The summed E-state index contributed by atoms with van der Waals surface area (Å²) in [5, 5.41) is 8.03. The van der Waals surface area contributed by atoms with E-state index in [1.807, 2.05) is 13.1 Å². The van der Waals surface area contributed by atoms with Crippen LogP contribution in [-0.2, 0) is 22.5 Å². The normalized spacial score (nSPS) is 10.4. The number of hydrogen-bond acceptors (Lipinski definition) is 4. The molecular weight excluding hydrogens is 206 g/mol. The van der Waals surface area contributed by atoms with E-state index >= 15 is 0 Å². The summed E-state index contributed by atoms with van der Waals surface area (Å²) in [6.45, 7) is 5.09. The van der Waals surface area contributed by atoms with Crippen LogP contribution >= 0.6 is 0 Å². The molecule has 0 spiro atoms. The van der Waals surface area contributed by atoms with Crippen LogP contribution in [0.4, 0.5) is 0 Å². The van der Waals surface area contributed by atoms with E-state index < -0.39 is 0 Å². The molecule has 0 aliphatic heterocycles. The Kier molecular flexibility index (Phi) is 5.53. The van der Waals surface area contributed by atoms with Crippen molar-refractivity contribution in [1.82, 2.24) is 15.0 Å². The molecule has 1 heterocycles. The monoisotopic (exact) mass is 225 g/mol. The van der Waals surface area contributed by atoms with Crippen LogP contribution in [-0.4, -0.2) is 27.6 Å². The molecule has 0 aromatic carbocycles. The quantitative estimate of drug-likeness (QED) is 0.661. The maximum absolute atomic E-state index is 11.1. The molecule has 0 fully saturated rings. The highest BCUT2D eigenvalue weighted by molar-refractivity contribution is 5.69. The molecule has 5 nitrogen and oxygen atoms in total. The number of aryl methyl sites for hydroxylation is 2. The lowest BCUT2D eigenvalue weighted by molar-refractivity contribution is -0.143. The fraction of sp³-hybridized carbons (Fsp3) is 0.727. The molecule has 0 atom stereocenters. The van der Waals surface area contributed by atoms with Crippen molar-refractivity contribution in [3.63, 3.8) is 0 Å². The van der Waals surface area contributed by atoms with Crippen LogP contribution in [0.5, 0.6) is 0 Å². The lowest BCUT2D eigenvalue weighted by Gasteiger charge is -2.01. The zero-order chi connectivity index (χ0) is 11.8. The second-order valence-electron chi connectivity index (χ2n) is 3.63. The van der Waals surface area contributed by atoms with Gasteiger partial charge in [0, 0.05) is 19.2 Å². The van der Waals surface area contributed by atoms with Crippen LogP contribution in [0.25, 0.3) is 0 Å². The van der Waals surface area contributed by atoms with E-state index in [-0.39, 0.29) is 5.97 Å². The predicted octanol–water partition coefficient (Wildman–Crippen LogP) is 1.57. The molecule has 0 unspecified atom stereocenters. The van der Waals surface area contributed by atoms with Crippen molar-refractivity contribution in [2.75, 3.05) is 6.61 Å². The zero-order valence-electron chi connectivity index (χ0n) is 9.98. The highest BCUT2D eigenvalue weighted by Crippen LogP contribution is 2.00. The van der Waals surface area contributed by atoms with E-state index in [0.29, 0.717) is 13.0 Å². The molecule has 1 rings (SSSR count). The van der Waals surface area contributed by atoms with Gasteiger partial charge in [-0.2, -0.15) is 0 Å². The second kappa shape index (κ2) is 6.98. The summed E-state index contributed by atoms with van der Waals surface area (Å²) in [4.78, 5) is 11.1. The number of carbonyl (C=O) groups is 1. The first-order chi connectivity index (χ1) is 7.76. The van der Waals surface area contributed by atoms with Crippen LogP contribution in [0.3, 0.4) is 0 Å². The molecule has 1 aromatic rings. The first-order valence-corrected chi connectivity index (χ1v) is 5.80.